The summed E-state index contributed by atoms with van der Waals surface area (Å²) in [6, 6.07) is 5.33. The van der Waals surface area contributed by atoms with Crippen molar-refractivity contribution in [3.05, 3.63) is 53.6 Å². The van der Waals surface area contributed by atoms with E-state index in [1.165, 1.54) is 36.4 Å². The molecule has 1 atom stereocenters. The van der Waals surface area contributed by atoms with Crippen LogP contribution in [0.4, 0.5) is 13.2 Å². The third kappa shape index (κ3) is 5.52. The Hall–Kier alpha value is -2.48. The van der Waals surface area contributed by atoms with Crippen LogP contribution in [0.1, 0.15) is 23.4 Å². The zero-order valence-electron chi connectivity index (χ0n) is 13.5. The zero-order valence-corrected chi connectivity index (χ0v) is 14.4. The summed E-state index contributed by atoms with van der Waals surface area (Å²) in [4.78, 5) is 19.3. The third-order valence-electron chi connectivity index (χ3n) is 3.87. The standard InChI is InChI=1S/C17H16F3N3O2.ClH/c18-17(19,20)25-13-5-1-11(2-6-13)3-8-16(24)23-12-4-7-14-15(9-12)22-10-21-14;/h1-3,5-6,8,10,12H,4,7,9H2,(H,21,22)(H,23,24);1H/b8-3+;. The second-order valence-corrected chi connectivity index (χ2v) is 5.73. The van der Waals surface area contributed by atoms with Gasteiger partial charge in [0.2, 0.25) is 5.91 Å². The number of H-pyrrole nitrogens is 1. The maximum Gasteiger partial charge on any atom is 0.573 e. The third-order valence-corrected chi connectivity index (χ3v) is 3.87. The molecule has 5 nitrogen and oxygen atoms in total. The van der Waals surface area contributed by atoms with Crippen LogP contribution in [0.2, 0.25) is 0 Å². The second-order valence-electron chi connectivity index (χ2n) is 5.73. The number of rotatable bonds is 4. The molecule has 0 saturated heterocycles. The molecule has 9 heteroatoms. The van der Waals surface area contributed by atoms with Gasteiger partial charge in [0, 0.05) is 24.2 Å². The fraction of sp³-hybridized carbons (Fsp3) is 0.294. The number of fused-ring (bicyclic) bond motifs is 1. The Morgan fingerprint density at radius 2 is 2.04 bits per heavy atom. The molecular formula is C17H17ClF3N3O2. The molecule has 140 valence electrons. The molecule has 1 aliphatic carbocycles. The van der Waals surface area contributed by atoms with E-state index in [0.717, 1.165) is 24.2 Å². The predicted octanol–water partition coefficient (Wildman–Crippen LogP) is 3.42. The van der Waals surface area contributed by atoms with Gasteiger partial charge >= 0.3 is 6.36 Å². The molecule has 1 amide bonds. The molecule has 0 fully saturated rings. The van der Waals surface area contributed by atoms with Crippen LogP contribution in [0.15, 0.2) is 36.7 Å². The van der Waals surface area contributed by atoms with Crippen molar-refractivity contribution in [2.24, 2.45) is 0 Å². The fourth-order valence-electron chi connectivity index (χ4n) is 2.73. The first-order valence-electron chi connectivity index (χ1n) is 7.74. The van der Waals surface area contributed by atoms with E-state index in [4.69, 9.17) is 0 Å². The highest BCUT2D eigenvalue weighted by Gasteiger charge is 2.30. The molecular weight excluding hydrogens is 371 g/mol. The first-order valence-corrected chi connectivity index (χ1v) is 7.74. The molecule has 1 unspecified atom stereocenters. The summed E-state index contributed by atoms with van der Waals surface area (Å²) in [5, 5.41) is 2.92. The van der Waals surface area contributed by atoms with Gasteiger partial charge in [0.25, 0.3) is 0 Å². The van der Waals surface area contributed by atoms with Crippen molar-refractivity contribution in [1.29, 1.82) is 0 Å². The Labute approximate surface area is 154 Å². The summed E-state index contributed by atoms with van der Waals surface area (Å²) < 4.78 is 40.1. The number of amides is 1. The van der Waals surface area contributed by atoms with Crippen LogP contribution in [0, 0.1) is 0 Å². The summed E-state index contributed by atoms with van der Waals surface area (Å²) >= 11 is 0. The highest BCUT2D eigenvalue weighted by atomic mass is 35.5. The number of hydrogen-bond donors (Lipinski definition) is 2. The molecule has 3 rings (SSSR count). The number of ether oxygens (including phenoxy) is 1. The second kappa shape index (κ2) is 8.27. The van der Waals surface area contributed by atoms with E-state index in [-0.39, 0.29) is 30.1 Å². The van der Waals surface area contributed by atoms with E-state index in [1.807, 2.05) is 0 Å². The van der Waals surface area contributed by atoms with Crippen molar-refractivity contribution < 1.29 is 22.7 Å². The average molecular weight is 388 g/mol. The lowest BCUT2D eigenvalue weighted by Gasteiger charge is -2.21. The maximum atomic E-state index is 12.1. The molecule has 26 heavy (non-hydrogen) atoms. The quantitative estimate of drug-likeness (QED) is 0.790. The molecule has 1 aromatic heterocycles. The molecule has 0 aliphatic heterocycles. The van der Waals surface area contributed by atoms with Gasteiger partial charge in [-0.05, 0) is 36.6 Å². The van der Waals surface area contributed by atoms with Crippen LogP contribution >= 0.6 is 12.4 Å². The minimum absolute atomic E-state index is 0. The van der Waals surface area contributed by atoms with Crippen LogP contribution in [0.3, 0.4) is 0 Å². The average Bonchev–Trinajstić information content (AvgIpc) is 3.00. The van der Waals surface area contributed by atoms with Gasteiger partial charge < -0.3 is 15.0 Å². The van der Waals surface area contributed by atoms with Crippen molar-refractivity contribution in [1.82, 2.24) is 15.3 Å². The van der Waals surface area contributed by atoms with Crippen molar-refractivity contribution in [3.63, 3.8) is 0 Å². The van der Waals surface area contributed by atoms with Gasteiger partial charge in [0.05, 0.1) is 12.0 Å². The Morgan fingerprint density at radius 3 is 2.73 bits per heavy atom. The highest BCUT2D eigenvalue weighted by Crippen LogP contribution is 2.23. The van der Waals surface area contributed by atoms with Crippen LogP contribution < -0.4 is 10.1 Å². The fourth-order valence-corrected chi connectivity index (χ4v) is 2.73. The van der Waals surface area contributed by atoms with E-state index in [1.54, 1.807) is 6.33 Å². The Morgan fingerprint density at radius 1 is 1.31 bits per heavy atom. The Bertz CT molecular complexity index is 772. The van der Waals surface area contributed by atoms with Crippen molar-refractivity contribution in [3.8, 4) is 5.75 Å². The molecule has 1 aromatic carbocycles. The van der Waals surface area contributed by atoms with E-state index in [2.05, 4.69) is 20.0 Å². The monoisotopic (exact) mass is 387 g/mol. The highest BCUT2D eigenvalue weighted by molar-refractivity contribution is 5.91. The van der Waals surface area contributed by atoms with Crippen LogP contribution in [-0.4, -0.2) is 28.3 Å². The van der Waals surface area contributed by atoms with E-state index >= 15 is 0 Å². The van der Waals surface area contributed by atoms with Gasteiger partial charge in [-0.1, -0.05) is 12.1 Å². The van der Waals surface area contributed by atoms with Gasteiger partial charge in [0.15, 0.2) is 0 Å². The minimum Gasteiger partial charge on any atom is -0.406 e. The number of alkyl halides is 3. The van der Waals surface area contributed by atoms with Gasteiger partial charge in [-0.2, -0.15) is 0 Å². The van der Waals surface area contributed by atoms with Gasteiger partial charge in [-0.3, -0.25) is 4.79 Å². The maximum absolute atomic E-state index is 12.1. The number of benzene rings is 1. The molecule has 0 saturated carbocycles. The molecule has 1 aliphatic rings. The summed E-state index contributed by atoms with van der Waals surface area (Å²) in [5.41, 5.74) is 2.69. The van der Waals surface area contributed by atoms with Crippen molar-refractivity contribution >= 4 is 24.4 Å². The van der Waals surface area contributed by atoms with Crippen molar-refractivity contribution in [2.75, 3.05) is 0 Å². The number of hydrogen-bond acceptors (Lipinski definition) is 3. The lowest BCUT2D eigenvalue weighted by molar-refractivity contribution is -0.274. The molecule has 1 heterocycles. The number of carbonyl (C=O) groups is 1. The first-order chi connectivity index (χ1) is 11.9. The smallest absolute Gasteiger partial charge is 0.406 e. The Balaban J connectivity index is 0.00000243. The minimum atomic E-state index is -4.72. The number of nitrogens with zero attached hydrogens (tertiary/aromatic N) is 1. The van der Waals surface area contributed by atoms with Gasteiger partial charge in [-0.25, -0.2) is 4.98 Å². The number of halogens is 4. The number of aromatic amines is 1. The number of imidazole rings is 1. The summed E-state index contributed by atoms with van der Waals surface area (Å²) in [7, 11) is 0. The number of carbonyl (C=O) groups excluding carboxylic acids is 1. The largest absolute Gasteiger partial charge is 0.573 e. The van der Waals surface area contributed by atoms with Crippen LogP contribution in [-0.2, 0) is 17.6 Å². The normalized spacial score (nSPS) is 16.7. The predicted molar refractivity (Wildman–Crippen MR) is 92.0 cm³/mol. The SMILES string of the molecule is Cl.O=C(/C=C/c1ccc(OC(F)(F)F)cc1)NC1CCc2nc[nH]c2C1. The zero-order chi connectivity index (χ0) is 17.9. The van der Waals surface area contributed by atoms with E-state index in [9.17, 15) is 18.0 Å². The van der Waals surface area contributed by atoms with Crippen LogP contribution in [0.25, 0.3) is 6.08 Å². The topological polar surface area (TPSA) is 67.0 Å². The van der Waals surface area contributed by atoms with E-state index < -0.39 is 6.36 Å². The molecule has 0 spiro atoms. The Kier molecular flexibility index (Phi) is 6.31. The number of aryl methyl sites for hydroxylation is 1. The lowest BCUT2D eigenvalue weighted by Crippen LogP contribution is -2.38. The molecule has 2 N–H and O–H groups in total. The number of aromatic nitrogens is 2. The summed E-state index contributed by atoms with van der Waals surface area (Å²) in [6.07, 6.45) is 2.18. The summed E-state index contributed by atoms with van der Waals surface area (Å²) in [6.45, 7) is 0. The van der Waals surface area contributed by atoms with Crippen molar-refractivity contribution in [2.45, 2.75) is 31.7 Å². The molecule has 0 bridgehead atoms. The first kappa shape index (κ1) is 19.8. The van der Waals surface area contributed by atoms with Gasteiger partial charge in [-0.15, -0.1) is 25.6 Å². The molecule has 2 aromatic rings. The lowest BCUT2D eigenvalue weighted by atomic mass is 9.96. The van der Waals surface area contributed by atoms with Gasteiger partial charge in [0.1, 0.15) is 5.75 Å². The van der Waals surface area contributed by atoms with Crippen LogP contribution in [0.5, 0.6) is 5.75 Å². The van der Waals surface area contributed by atoms with E-state index in [0.29, 0.717) is 12.0 Å². The summed E-state index contributed by atoms with van der Waals surface area (Å²) in [5.74, 6) is -0.546. The molecule has 0 radical (unpaired) electrons. The number of nitrogens with one attached hydrogen (secondary N) is 2.